The Balaban J connectivity index is 1.84. The second-order valence-electron chi connectivity index (χ2n) is 6.07. The Labute approximate surface area is 126 Å². The van der Waals surface area contributed by atoms with E-state index in [0.717, 1.165) is 42.3 Å². The Hall–Kier alpha value is -0.240. The van der Waals surface area contributed by atoms with Gasteiger partial charge >= 0.3 is 0 Å². The maximum Gasteiger partial charge on any atom is 0.0624 e. The third kappa shape index (κ3) is 4.11. The number of hydrogen-bond donors (Lipinski definition) is 1. The summed E-state index contributed by atoms with van der Waals surface area (Å²) in [6, 6.07) is 5.95. The highest BCUT2D eigenvalue weighted by molar-refractivity contribution is 6.42. The van der Waals surface area contributed by atoms with Crippen molar-refractivity contribution in [3.05, 3.63) is 33.8 Å². The van der Waals surface area contributed by atoms with Gasteiger partial charge in [0, 0.05) is 0 Å². The molecule has 1 aromatic rings. The summed E-state index contributed by atoms with van der Waals surface area (Å²) >= 11 is 12.3. The largest absolute Gasteiger partial charge is 0.316 e. The third-order valence-electron chi connectivity index (χ3n) is 4.05. The van der Waals surface area contributed by atoms with E-state index >= 15 is 0 Å². The van der Waals surface area contributed by atoms with Gasteiger partial charge in [0.05, 0.1) is 10.0 Å². The van der Waals surface area contributed by atoms with E-state index in [1.54, 1.807) is 0 Å². The maximum absolute atomic E-state index is 6.26. The van der Waals surface area contributed by atoms with E-state index in [1.807, 2.05) is 12.1 Å². The highest BCUT2D eigenvalue weighted by Crippen LogP contribution is 2.38. The summed E-state index contributed by atoms with van der Waals surface area (Å²) in [5.74, 6) is 2.28. The van der Waals surface area contributed by atoms with E-state index in [-0.39, 0.29) is 0 Å². The van der Waals surface area contributed by atoms with Crippen molar-refractivity contribution in [3.8, 4) is 0 Å². The maximum atomic E-state index is 6.26. The molecule has 1 aliphatic carbocycles. The van der Waals surface area contributed by atoms with Gasteiger partial charge in [-0.1, -0.05) is 49.2 Å². The Kier molecular flexibility index (Phi) is 5.56. The highest BCUT2D eigenvalue weighted by Gasteiger charge is 2.30. The van der Waals surface area contributed by atoms with Crippen LogP contribution in [0.25, 0.3) is 0 Å². The smallest absolute Gasteiger partial charge is 0.0624 e. The average molecular weight is 300 g/mol. The zero-order chi connectivity index (χ0) is 13.8. The molecule has 1 aromatic carbocycles. The van der Waals surface area contributed by atoms with Crippen molar-refractivity contribution >= 4 is 23.2 Å². The first kappa shape index (κ1) is 15.2. The monoisotopic (exact) mass is 299 g/mol. The fraction of sp³-hybridized carbons (Fsp3) is 0.625. The van der Waals surface area contributed by atoms with E-state index in [4.69, 9.17) is 23.2 Å². The van der Waals surface area contributed by atoms with Crippen LogP contribution in [0.4, 0.5) is 0 Å². The Morgan fingerprint density at radius 1 is 1.21 bits per heavy atom. The molecule has 0 radical (unpaired) electrons. The summed E-state index contributed by atoms with van der Waals surface area (Å²) < 4.78 is 0. The Morgan fingerprint density at radius 2 is 1.95 bits per heavy atom. The summed E-state index contributed by atoms with van der Waals surface area (Å²) in [7, 11) is 0. The second-order valence-corrected chi connectivity index (χ2v) is 6.85. The molecule has 2 atom stereocenters. The van der Waals surface area contributed by atoms with E-state index < -0.39 is 0 Å². The van der Waals surface area contributed by atoms with Crippen LogP contribution in [-0.2, 0) is 6.42 Å². The van der Waals surface area contributed by atoms with Crippen LogP contribution in [0.3, 0.4) is 0 Å². The fourth-order valence-electron chi connectivity index (χ4n) is 2.72. The van der Waals surface area contributed by atoms with Crippen LogP contribution < -0.4 is 5.32 Å². The molecule has 1 aliphatic rings. The van der Waals surface area contributed by atoms with Gasteiger partial charge in [0.1, 0.15) is 0 Å². The first-order chi connectivity index (χ1) is 9.08. The van der Waals surface area contributed by atoms with Gasteiger partial charge in [-0.3, -0.25) is 0 Å². The number of halogens is 2. The molecule has 1 fully saturated rings. The van der Waals surface area contributed by atoms with Crippen LogP contribution in [0.15, 0.2) is 18.2 Å². The minimum Gasteiger partial charge on any atom is -0.316 e. The predicted octanol–water partition coefficient (Wildman–Crippen LogP) is 4.81. The van der Waals surface area contributed by atoms with Gasteiger partial charge in [0.25, 0.3) is 0 Å². The zero-order valence-corrected chi connectivity index (χ0v) is 13.3. The van der Waals surface area contributed by atoms with Crippen LogP contribution in [0.1, 0.15) is 32.3 Å². The molecule has 0 saturated heterocycles. The molecule has 1 saturated carbocycles. The minimum atomic E-state index is 0.674. The number of rotatable bonds is 6. The predicted molar refractivity (Wildman–Crippen MR) is 84.1 cm³/mol. The molecule has 19 heavy (non-hydrogen) atoms. The van der Waals surface area contributed by atoms with E-state index in [0.29, 0.717) is 5.02 Å². The lowest BCUT2D eigenvalue weighted by atomic mass is 9.70. The van der Waals surface area contributed by atoms with Gasteiger partial charge in [-0.05, 0) is 61.7 Å². The molecule has 0 spiro atoms. The highest BCUT2D eigenvalue weighted by atomic mass is 35.5. The Bertz CT molecular complexity index is 417. The van der Waals surface area contributed by atoms with Crippen LogP contribution in [0.5, 0.6) is 0 Å². The standard InChI is InChI=1S/C16H23Cl2N/c1-11(2)9-19-10-14-7-6-12(14)8-13-4-3-5-15(17)16(13)18/h3-5,11-12,14,19H,6-10H2,1-2H3. The number of nitrogens with one attached hydrogen (secondary N) is 1. The molecule has 2 rings (SSSR count). The summed E-state index contributed by atoms with van der Waals surface area (Å²) in [4.78, 5) is 0. The zero-order valence-electron chi connectivity index (χ0n) is 11.8. The van der Waals surface area contributed by atoms with Crippen molar-refractivity contribution in [1.29, 1.82) is 0 Å². The van der Waals surface area contributed by atoms with E-state index in [1.165, 1.54) is 18.4 Å². The molecule has 0 aromatic heterocycles. The number of benzene rings is 1. The molecule has 0 aliphatic heterocycles. The lowest BCUT2D eigenvalue weighted by Gasteiger charge is -2.37. The molecule has 1 N–H and O–H groups in total. The molecule has 1 nitrogen and oxygen atoms in total. The van der Waals surface area contributed by atoms with Crippen molar-refractivity contribution in [2.24, 2.45) is 17.8 Å². The van der Waals surface area contributed by atoms with Gasteiger partial charge in [0.2, 0.25) is 0 Å². The molecule has 2 unspecified atom stereocenters. The Morgan fingerprint density at radius 3 is 2.58 bits per heavy atom. The summed E-state index contributed by atoms with van der Waals surface area (Å²) in [6.07, 6.45) is 3.72. The van der Waals surface area contributed by atoms with Gasteiger partial charge < -0.3 is 5.32 Å². The average Bonchev–Trinajstić information content (AvgIpc) is 2.34. The molecular weight excluding hydrogens is 277 g/mol. The van der Waals surface area contributed by atoms with Crippen LogP contribution in [0.2, 0.25) is 10.0 Å². The molecular formula is C16H23Cl2N. The third-order valence-corrected chi connectivity index (χ3v) is 4.91. The van der Waals surface area contributed by atoms with Crippen molar-refractivity contribution in [1.82, 2.24) is 5.32 Å². The number of hydrogen-bond acceptors (Lipinski definition) is 1. The van der Waals surface area contributed by atoms with Crippen molar-refractivity contribution in [2.45, 2.75) is 33.1 Å². The lowest BCUT2D eigenvalue weighted by molar-refractivity contribution is 0.169. The van der Waals surface area contributed by atoms with Gasteiger partial charge in [0.15, 0.2) is 0 Å². The van der Waals surface area contributed by atoms with Gasteiger partial charge in [-0.2, -0.15) is 0 Å². The summed E-state index contributed by atoms with van der Waals surface area (Å²) in [5, 5.41) is 4.98. The van der Waals surface area contributed by atoms with E-state index in [2.05, 4.69) is 25.2 Å². The fourth-order valence-corrected chi connectivity index (χ4v) is 3.12. The quantitative estimate of drug-likeness (QED) is 0.795. The summed E-state index contributed by atoms with van der Waals surface area (Å²) in [5.41, 5.74) is 1.20. The first-order valence-corrected chi connectivity index (χ1v) is 7.97. The van der Waals surface area contributed by atoms with E-state index in [9.17, 15) is 0 Å². The van der Waals surface area contributed by atoms with Crippen LogP contribution in [-0.4, -0.2) is 13.1 Å². The van der Waals surface area contributed by atoms with Crippen LogP contribution in [0, 0.1) is 17.8 Å². The van der Waals surface area contributed by atoms with Crippen LogP contribution >= 0.6 is 23.2 Å². The second kappa shape index (κ2) is 6.97. The van der Waals surface area contributed by atoms with Gasteiger partial charge in [-0.25, -0.2) is 0 Å². The lowest BCUT2D eigenvalue weighted by Crippen LogP contribution is -2.37. The topological polar surface area (TPSA) is 12.0 Å². The first-order valence-electron chi connectivity index (χ1n) is 7.21. The van der Waals surface area contributed by atoms with Crippen molar-refractivity contribution in [2.75, 3.05) is 13.1 Å². The molecule has 106 valence electrons. The van der Waals surface area contributed by atoms with Gasteiger partial charge in [-0.15, -0.1) is 0 Å². The van der Waals surface area contributed by atoms with Crippen molar-refractivity contribution in [3.63, 3.8) is 0 Å². The summed E-state index contributed by atoms with van der Waals surface area (Å²) in [6.45, 7) is 6.75. The normalized spacial score (nSPS) is 22.6. The molecule has 0 amide bonds. The molecule has 3 heteroatoms. The molecule has 0 heterocycles. The SMILES string of the molecule is CC(C)CNCC1CCC1Cc1cccc(Cl)c1Cl. The van der Waals surface area contributed by atoms with Crippen molar-refractivity contribution < 1.29 is 0 Å². The minimum absolute atomic E-state index is 0.674. The molecule has 0 bridgehead atoms.